The normalized spacial score (nSPS) is 10.6. The molecular weight excluding hydrogens is 216 g/mol. The Kier molecular flexibility index (Phi) is 4.72. The summed E-state index contributed by atoms with van der Waals surface area (Å²) < 4.78 is 0. The molecule has 92 valence electrons. The van der Waals surface area contributed by atoms with Crippen molar-refractivity contribution >= 4 is 17.7 Å². The van der Waals surface area contributed by atoms with Crippen molar-refractivity contribution in [3.8, 4) is 0 Å². The molecule has 1 amide bonds. The molecule has 4 nitrogen and oxygen atoms in total. The van der Waals surface area contributed by atoms with Gasteiger partial charge in [-0.25, -0.2) is 5.06 Å². The Hall–Kier alpha value is -1.81. The predicted octanol–water partition coefficient (Wildman–Crippen LogP) is 1.79. The minimum absolute atomic E-state index is 0.191. The van der Waals surface area contributed by atoms with Gasteiger partial charge in [0.2, 0.25) is 0 Å². The van der Waals surface area contributed by atoms with Crippen molar-refractivity contribution in [2.75, 3.05) is 33.2 Å². The lowest BCUT2D eigenvalue weighted by Crippen LogP contribution is -2.22. The van der Waals surface area contributed by atoms with Gasteiger partial charge >= 0.3 is 0 Å². The Bertz CT molecular complexity index is 396. The second-order valence-corrected chi connectivity index (χ2v) is 3.84. The summed E-state index contributed by atoms with van der Waals surface area (Å²) in [6, 6.07) is 7.94. The van der Waals surface area contributed by atoms with Crippen molar-refractivity contribution in [2.45, 2.75) is 0 Å². The van der Waals surface area contributed by atoms with Crippen molar-refractivity contribution in [3.05, 3.63) is 35.9 Å². The first kappa shape index (κ1) is 13.3. The van der Waals surface area contributed by atoms with Gasteiger partial charge in [-0.05, 0) is 23.8 Å². The van der Waals surface area contributed by atoms with E-state index in [1.807, 2.05) is 43.3 Å². The number of nitrogens with zero attached hydrogens (tertiary/aromatic N) is 2. The van der Waals surface area contributed by atoms with Crippen molar-refractivity contribution in [1.82, 2.24) is 5.06 Å². The average molecular weight is 234 g/mol. The number of carbonyl (C=O) groups excluding carboxylic acids is 1. The Labute approximate surface area is 102 Å². The van der Waals surface area contributed by atoms with Gasteiger partial charge in [-0.2, -0.15) is 0 Å². The minimum Gasteiger partial charge on any atom is -0.378 e. The SMILES string of the molecule is CON(C)C(=O)C=Cc1ccc(N(C)C)cc1. The first-order chi connectivity index (χ1) is 8.04. The number of hydroxylamine groups is 2. The van der Waals surface area contributed by atoms with Crippen LogP contribution in [0.4, 0.5) is 5.69 Å². The number of carbonyl (C=O) groups is 1. The van der Waals surface area contributed by atoms with Crippen molar-refractivity contribution in [2.24, 2.45) is 0 Å². The molecule has 0 radical (unpaired) electrons. The van der Waals surface area contributed by atoms with E-state index < -0.39 is 0 Å². The number of likely N-dealkylation sites (N-methyl/N-ethyl adjacent to an activating group) is 1. The topological polar surface area (TPSA) is 32.8 Å². The van der Waals surface area contributed by atoms with E-state index in [9.17, 15) is 4.79 Å². The molecule has 0 aliphatic heterocycles. The second-order valence-electron chi connectivity index (χ2n) is 3.84. The summed E-state index contributed by atoms with van der Waals surface area (Å²) in [4.78, 5) is 18.2. The summed E-state index contributed by atoms with van der Waals surface area (Å²) >= 11 is 0. The maximum atomic E-state index is 11.4. The fourth-order valence-electron chi connectivity index (χ4n) is 1.25. The number of hydrogen-bond donors (Lipinski definition) is 0. The van der Waals surface area contributed by atoms with Crippen LogP contribution in [0.2, 0.25) is 0 Å². The molecular formula is C13H18N2O2. The number of benzene rings is 1. The molecule has 0 saturated carbocycles. The summed E-state index contributed by atoms with van der Waals surface area (Å²) in [6.45, 7) is 0. The van der Waals surface area contributed by atoms with E-state index in [-0.39, 0.29) is 5.91 Å². The molecule has 0 unspecified atom stereocenters. The molecule has 0 spiro atoms. The van der Waals surface area contributed by atoms with Gasteiger partial charge in [0.15, 0.2) is 0 Å². The van der Waals surface area contributed by atoms with Gasteiger partial charge in [0.05, 0.1) is 7.11 Å². The fourth-order valence-corrected chi connectivity index (χ4v) is 1.25. The lowest BCUT2D eigenvalue weighted by molar-refractivity contribution is -0.162. The van der Waals surface area contributed by atoms with Crippen LogP contribution in [0, 0.1) is 0 Å². The first-order valence-corrected chi connectivity index (χ1v) is 5.32. The summed E-state index contributed by atoms with van der Waals surface area (Å²) in [5.74, 6) is -0.191. The van der Waals surface area contributed by atoms with E-state index in [2.05, 4.69) is 0 Å². The summed E-state index contributed by atoms with van der Waals surface area (Å²) in [7, 11) is 7.00. The van der Waals surface area contributed by atoms with Crippen LogP contribution < -0.4 is 4.90 Å². The van der Waals surface area contributed by atoms with Crippen LogP contribution in [0.3, 0.4) is 0 Å². The zero-order valence-electron chi connectivity index (χ0n) is 10.7. The van der Waals surface area contributed by atoms with Gasteiger partial charge in [0.25, 0.3) is 5.91 Å². The highest BCUT2D eigenvalue weighted by atomic mass is 16.7. The highest BCUT2D eigenvalue weighted by Gasteiger charge is 2.01. The monoisotopic (exact) mass is 234 g/mol. The summed E-state index contributed by atoms with van der Waals surface area (Å²) in [6.07, 6.45) is 3.24. The molecule has 0 aliphatic rings. The Morgan fingerprint density at radius 2 is 1.76 bits per heavy atom. The zero-order chi connectivity index (χ0) is 12.8. The van der Waals surface area contributed by atoms with Crippen LogP contribution in [0.1, 0.15) is 5.56 Å². The van der Waals surface area contributed by atoms with Crippen LogP contribution in [0.15, 0.2) is 30.3 Å². The van der Waals surface area contributed by atoms with Gasteiger partial charge in [-0.15, -0.1) is 0 Å². The van der Waals surface area contributed by atoms with Crippen molar-refractivity contribution < 1.29 is 9.63 Å². The number of amides is 1. The van der Waals surface area contributed by atoms with Gasteiger partial charge in [0.1, 0.15) is 0 Å². The Morgan fingerprint density at radius 3 is 2.24 bits per heavy atom. The number of rotatable bonds is 4. The minimum atomic E-state index is -0.191. The smallest absolute Gasteiger partial charge is 0.269 e. The van der Waals surface area contributed by atoms with Gasteiger partial charge in [-0.1, -0.05) is 12.1 Å². The maximum absolute atomic E-state index is 11.4. The van der Waals surface area contributed by atoms with Crippen molar-refractivity contribution in [1.29, 1.82) is 0 Å². The first-order valence-electron chi connectivity index (χ1n) is 5.32. The molecule has 0 N–H and O–H groups in total. The van der Waals surface area contributed by atoms with E-state index >= 15 is 0 Å². The summed E-state index contributed by atoms with van der Waals surface area (Å²) in [5.41, 5.74) is 2.11. The van der Waals surface area contributed by atoms with E-state index in [1.165, 1.54) is 18.2 Å². The third-order valence-corrected chi connectivity index (χ3v) is 2.41. The number of hydrogen-bond acceptors (Lipinski definition) is 3. The third-order valence-electron chi connectivity index (χ3n) is 2.41. The highest BCUT2D eigenvalue weighted by Crippen LogP contribution is 2.13. The quantitative estimate of drug-likeness (QED) is 0.588. The molecule has 4 heteroatoms. The largest absolute Gasteiger partial charge is 0.378 e. The van der Waals surface area contributed by atoms with Crippen LogP contribution in [-0.4, -0.2) is 39.2 Å². The fraction of sp³-hybridized carbons (Fsp3) is 0.308. The molecule has 1 aromatic carbocycles. The molecule has 1 rings (SSSR count). The zero-order valence-corrected chi connectivity index (χ0v) is 10.7. The van der Waals surface area contributed by atoms with Crippen molar-refractivity contribution in [3.63, 3.8) is 0 Å². The second kappa shape index (κ2) is 6.06. The molecule has 0 atom stereocenters. The highest BCUT2D eigenvalue weighted by molar-refractivity contribution is 5.90. The molecule has 0 fully saturated rings. The molecule has 1 aromatic rings. The Balaban J connectivity index is 2.69. The standard InChI is InChI=1S/C13H18N2O2/c1-14(2)12-8-5-11(6-9-12)7-10-13(16)15(3)17-4/h5-10H,1-4H3. The lowest BCUT2D eigenvalue weighted by atomic mass is 10.2. The third kappa shape index (κ3) is 3.92. The Morgan fingerprint density at radius 1 is 1.18 bits per heavy atom. The number of anilines is 1. The van der Waals surface area contributed by atoms with Crippen LogP contribution in [0.5, 0.6) is 0 Å². The van der Waals surface area contributed by atoms with Crippen LogP contribution >= 0.6 is 0 Å². The predicted molar refractivity (Wildman–Crippen MR) is 69.6 cm³/mol. The lowest BCUT2D eigenvalue weighted by Gasteiger charge is -2.12. The molecule has 0 saturated heterocycles. The molecule has 0 aliphatic carbocycles. The van der Waals surface area contributed by atoms with Gasteiger partial charge in [0, 0.05) is 32.9 Å². The molecule has 0 aromatic heterocycles. The summed E-state index contributed by atoms with van der Waals surface area (Å²) in [5, 5.41) is 1.17. The van der Waals surface area contributed by atoms with E-state index in [0.717, 1.165) is 11.3 Å². The maximum Gasteiger partial charge on any atom is 0.269 e. The van der Waals surface area contributed by atoms with E-state index in [0.29, 0.717) is 0 Å². The van der Waals surface area contributed by atoms with Gasteiger partial charge in [-0.3, -0.25) is 9.63 Å². The van der Waals surface area contributed by atoms with Crippen LogP contribution in [-0.2, 0) is 9.63 Å². The van der Waals surface area contributed by atoms with E-state index in [1.54, 1.807) is 13.1 Å². The van der Waals surface area contributed by atoms with E-state index in [4.69, 9.17) is 4.84 Å². The average Bonchev–Trinajstić information content (AvgIpc) is 2.35. The molecule has 0 bridgehead atoms. The van der Waals surface area contributed by atoms with Gasteiger partial charge < -0.3 is 4.90 Å². The molecule has 17 heavy (non-hydrogen) atoms. The van der Waals surface area contributed by atoms with Crippen LogP contribution in [0.25, 0.3) is 6.08 Å². The molecule has 0 heterocycles.